The Balaban J connectivity index is 1.81. The van der Waals surface area contributed by atoms with Gasteiger partial charge in [-0.25, -0.2) is 9.78 Å². The van der Waals surface area contributed by atoms with Crippen molar-refractivity contribution in [3.05, 3.63) is 76.1 Å². The van der Waals surface area contributed by atoms with Crippen molar-refractivity contribution >= 4 is 23.4 Å². The average molecular weight is 439 g/mol. The number of rotatable bonds is 8. The number of ether oxygens (including phenoxy) is 3. The number of hydrogen-bond donors (Lipinski definition) is 2. The van der Waals surface area contributed by atoms with Gasteiger partial charge in [-0.15, -0.1) is 0 Å². The van der Waals surface area contributed by atoms with Gasteiger partial charge in [-0.05, 0) is 36.4 Å². The van der Waals surface area contributed by atoms with E-state index in [0.717, 1.165) is 6.33 Å². The van der Waals surface area contributed by atoms with E-state index < -0.39 is 22.5 Å². The van der Waals surface area contributed by atoms with E-state index in [-0.39, 0.29) is 28.6 Å². The van der Waals surface area contributed by atoms with E-state index in [1.807, 2.05) is 0 Å². The first-order chi connectivity index (χ1) is 15.4. The highest BCUT2D eigenvalue weighted by atomic mass is 16.6. The Hall–Kier alpha value is -4.74. The van der Waals surface area contributed by atoms with Crippen LogP contribution < -0.4 is 20.3 Å². The molecule has 0 bridgehead atoms. The van der Waals surface area contributed by atoms with Crippen molar-refractivity contribution in [1.82, 2.24) is 15.4 Å². The summed E-state index contributed by atoms with van der Waals surface area (Å²) in [5.41, 5.74) is 4.62. The Morgan fingerprint density at radius 3 is 2.41 bits per heavy atom. The first-order valence-corrected chi connectivity index (χ1v) is 8.99. The number of nitro groups is 1. The summed E-state index contributed by atoms with van der Waals surface area (Å²) < 4.78 is 15.2. The molecule has 0 spiro atoms. The number of anilines is 1. The summed E-state index contributed by atoms with van der Waals surface area (Å²) >= 11 is 0. The molecule has 3 aromatic rings. The number of para-hydroxylation sites is 1. The van der Waals surface area contributed by atoms with Crippen LogP contribution in [0.3, 0.4) is 0 Å². The number of amides is 1. The van der Waals surface area contributed by atoms with Crippen molar-refractivity contribution in [1.29, 1.82) is 0 Å². The van der Waals surface area contributed by atoms with Gasteiger partial charge in [0, 0.05) is 0 Å². The van der Waals surface area contributed by atoms with Crippen LogP contribution in [0.5, 0.6) is 17.4 Å². The lowest BCUT2D eigenvalue weighted by Crippen LogP contribution is -2.30. The topological polar surface area (TPSA) is 155 Å². The predicted molar refractivity (Wildman–Crippen MR) is 111 cm³/mol. The van der Waals surface area contributed by atoms with Gasteiger partial charge in [-0.3, -0.25) is 25.8 Å². The molecule has 0 fully saturated rings. The third-order valence-corrected chi connectivity index (χ3v) is 4.11. The van der Waals surface area contributed by atoms with E-state index in [2.05, 4.69) is 25.6 Å². The summed E-state index contributed by atoms with van der Waals surface area (Å²) in [6.45, 7) is 0. The Morgan fingerprint density at radius 1 is 1.03 bits per heavy atom. The number of hydrazine groups is 1. The molecule has 32 heavy (non-hydrogen) atoms. The Bertz CT molecular complexity index is 1150. The largest absolute Gasteiger partial charge is 0.496 e. The van der Waals surface area contributed by atoms with Crippen LogP contribution in [-0.4, -0.2) is 41.0 Å². The average Bonchev–Trinajstić information content (AvgIpc) is 2.82. The smallest absolute Gasteiger partial charge is 0.374 e. The normalized spacial score (nSPS) is 10.1. The monoisotopic (exact) mass is 439 g/mol. The van der Waals surface area contributed by atoms with E-state index in [4.69, 9.17) is 9.47 Å². The minimum atomic E-state index is -0.754. The molecule has 0 saturated carbocycles. The van der Waals surface area contributed by atoms with Gasteiger partial charge >= 0.3 is 17.5 Å². The van der Waals surface area contributed by atoms with E-state index >= 15 is 0 Å². The van der Waals surface area contributed by atoms with Gasteiger partial charge in [0.25, 0.3) is 5.91 Å². The molecule has 3 rings (SSSR count). The first-order valence-electron chi connectivity index (χ1n) is 8.99. The number of benzene rings is 2. The summed E-state index contributed by atoms with van der Waals surface area (Å²) in [7, 11) is 2.66. The summed E-state index contributed by atoms with van der Waals surface area (Å²) in [4.78, 5) is 42.4. The van der Waals surface area contributed by atoms with E-state index in [0.29, 0.717) is 5.75 Å². The molecule has 0 aliphatic rings. The molecule has 0 aliphatic carbocycles. The second kappa shape index (κ2) is 9.84. The third kappa shape index (κ3) is 4.87. The fourth-order valence-electron chi connectivity index (χ4n) is 2.60. The molecule has 12 heteroatoms. The zero-order valence-corrected chi connectivity index (χ0v) is 16.9. The van der Waals surface area contributed by atoms with Crippen LogP contribution in [0.15, 0.2) is 54.9 Å². The second-order valence-electron chi connectivity index (χ2n) is 6.03. The van der Waals surface area contributed by atoms with Crippen LogP contribution in [0.1, 0.15) is 20.7 Å². The molecule has 164 valence electrons. The zero-order chi connectivity index (χ0) is 23.1. The molecule has 2 aromatic carbocycles. The predicted octanol–water partition coefficient (Wildman–Crippen LogP) is 2.73. The number of aromatic nitrogens is 2. The molecular weight excluding hydrogens is 422 g/mol. The zero-order valence-electron chi connectivity index (χ0n) is 16.9. The molecule has 0 unspecified atom stereocenters. The van der Waals surface area contributed by atoms with E-state index in [9.17, 15) is 19.7 Å². The van der Waals surface area contributed by atoms with Crippen LogP contribution in [0.4, 0.5) is 11.5 Å². The van der Waals surface area contributed by atoms with Crippen molar-refractivity contribution in [3.63, 3.8) is 0 Å². The lowest BCUT2D eigenvalue weighted by Gasteiger charge is -2.12. The summed E-state index contributed by atoms with van der Waals surface area (Å²) in [6, 6.07) is 12.2. The van der Waals surface area contributed by atoms with Gasteiger partial charge in [-0.1, -0.05) is 12.1 Å². The molecular formula is C20H17N5O7. The van der Waals surface area contributed by atoms with Crippen molar-refractivity contribution in [2.75, 3.05) is 19.6 Å². The summed E-state index contributed by atoms with van der Waals surface area (Å²) in [6.07, 6.45) is 1.03. The maximum Gasteiger partial charge on any atom is 0.374 e. The van der Waals surface area contributed by atoms with Crippen molar-refractivity contribution in [3.8, 4) is 17.4 Å². The van der Waals surface area contributed by atoms with Gasteiger partial charge in [-0.2, -0.15) is 4.98 Å². The third-order valence-electron chi connectivity index (χ3n) is 4.11. The highest BCUT2D eigenvalue weighted by molar-refractivity contribution is 5.97. The molecule has 1 amide bonds. The number of esters is 1. The van der Waals surface area contributed by atoms with Crippen LogP contribution >= 0.6 is 0 Å². The molecule has 0 radical (unpaired) electrons. The lowest BCUT2D eigenvalue weighted by molar-refractivity contribution is -0.385. The molecule has 1 aromatic heterocycles. The van der Waals surface area contributed by atoms with Gasteiger partial charge < -0.3 is 14.2 Å². The number of hydrogen-bond acceptors (Lipinski definition) is 10. The van der Waals surface area contributed by atoms with E-state index in [1.54, 1.807) is 18.2 Å². The Kier molecular flexibility index (Phi) is 6.75. The standard InChI is InChI=1S/C20H17N5O7/c1-30-15-6-4-3-5-14(15)18(26)24-23-17-16(25(28)29)19(22-11-21-17)32-13-9-7-12(8-10-13)20(27)31-2/h3-11H,1-2H3,(H,24,26)(H,21,22,23). The quantitative estimate of drug-likeness (QED) is 0.304. The highest BCUT2D eigenvalue weighted by Crippen LogP contribution is 2.33. The van der Waals surface area contributed by atoms with Crippen LogP contribution in [-0.2, 0) is 4.74 Å². The number of methoxy groups -OCH3 is 2. The molecule has 12 nitrogen and oxygen atoms in total. The molecule has 2 N–H and O–H groups in total. The number of nitrogens with zero attached hydrogens (tertiary/aromatic N) is 3. The second-order valence-corrected chi connectivity index (χ2v) is 6.03. The van der Waals surface area contributed by atoms with Crippen molar-refractivity contribution in [2.45, 2.75) is 0 Å². The molecule has 1 heterocycles. The number of carbonyl (C=O) groups is 2. The Labute approximate surface area is 181 Å². The maximum atomic E-state index is 12.4. The fourth-order valence-corrected chi connectivity index (χ4v) is 2.60. The first kappa shape index (κ1) is 22.0. The maximum absolute atomic E-state index is 12.4. The molecule has 0 aliphatic heterocycles. The van der Waals surface area contributed by atoms with Crippen LogP contribution in [0.25, 0.3) is 0 Å². The van der Waals surface area contributed by atoms with Gasteiger partial charge in [0.05, 0.1) is 30.3 Å². The summed E-state index contributed by atoms with van der Waals surface area (Å²) in [5.74, 6) is -1.30. The number of carbonyl (C=O) groups excluding carboxylic acids is 2. The minimum Gasteiger partial charge on any atom is -0.496 e. The molecule has 0 saturated heterocycles. The van der Waals surface area contributed by atoms with Gasteiger partial charge in [0.2, 0.25) is 5.82 Å². The minimum absolute atomic E-state index is 0.184. The van der Waals surface area contributed by atoms with Gasteiger partial charge in [0.1, 0.15) is 17.8 Å². The highest BCUT2D eigenvalue weighted by Gasteiger charge is 2.26. The summed E-state index contributed by atoms with van der Waals surface area (Å²) in [5, 5.41) is 11.6. The SMILES string of the molecule is COC(=O)c1ccc(Oc2ncnc(NNC(=O)c3ccccc3OC)c2[N+](=O)[O-])cc1. The van der Waals surface area contributed by atoms with Gasteiger partial charge in [0.15, 0.2) is 0 Å². The fraction of sp³-hybridized carbons (Fsp3) is 0.100. The van der Waals surface area contributed by atoms with Crippen molar-refractivity contribution < 1.29 is 28.7 Å². The van der Waals surface area contributed by atoms with Crippen molar-refractivity contribution in [2.24, 2.45) is 0 Å². The van der Waals surface area contributed by atoms with Crippen LogP contribution in [0.2, 0.25) is 0 Å². The Morgan fingerprint density at radius 2 is 1.75 bits per heavy atom. The molecule has 0 atom stereocenters. The van der Waals surface area contributed by atoms with Crippen LogP contribution in [0, 0.1) is 10.1 Å². The van der Waals surface area contributed by atoms with E-state index in [1.165, 1.54) is 44.6 Å². The lowest BCUT2D eigenvalue weighted by atomic mass is 10.2. The number of nitrogens with one attached hydrogen (secondary N) is 2.